The van der Waals surface area contributed by atoms with Gasteiger partial charge in [0.2, 0.25) is 5.91 Å². The minimum atomic E-state index is 0.0169. The molecule has 0 spiro atoms. The minimum absolute atomic E-state index is 0.0169. The van der Waals surface area contributed by atoms with Crippen LogP contribution in [0.15, 0.2) is 24.3 Å². The van der Waals surface area contributed by atoms with E-state index in [1.54, 1.807) is 11.9 Å². The van der Waals surface area contributed by atoms with E-state index in [1.807, 2.05) is 24.3 Å². The molecule has 76 valence electrons. The summed E-state index contributed by atoms with van der Waals surface area (Å²) in [5.74, 6) is 0.257. The van der Waals surface area contributed by atoms with Gasteiger partial charge in [-0.15, -0.1) is 0 Å². The SMILES string of the molecule is CN(Cc1ccc(Cl)cc1)C(=O)CS. The summed E-state index contributed by atoms with van der Waals surface area (Å²) in [5, 5.41) is 0.705. The van der Waals surface area contributed by atoms with Gasteiger partial charge in [-0.05, 0) is 17.7 Å². The van der Waals surface area contributed by atoms with Crippen molar-refractivity contribution in [3.05, 3.63) is 34.9 Å². The van der Waals surface area contributed by atoms with Crippen molar-refractivity contribution in [2.45, 2.75) is 6.54 Å². The van der Waals surface area contributed by atoms with Gasteiger partial charge < -0.3 is 4.90 Å². The second-order valence-electron chi connectivity index (χ2n) is 3.03. The van der Waals surface area contributed by atoms with Crippen LogP contribution < -0.4 is 0 Å². The number of amides is 1. The molecule has 0 bridgehead atoms. The molecule has 0 unspecified atom stereocenters. The first-order valence-corrected chi connectivity index (χ1v) is 5.24. The van der Waals surface area contributed by atoms with Gasteiger partial charge in [0.25, 0.3) is 0 Å². The smallest absolute Gasteiger partial charge is 0.232 e. The maximum Gasteiger partial charge on any atom is 0.232 e. The highest BCUT2D eigenvalue weighted by Crippen LogP contribution is 2.10. The van der Waals surface area contributed by atoms with E-state index in [0.29, 0.717) is 11.6 Å². The molecule has 0 aromatic heterocycles. The molecule has 0 fully saturated rings. The third-order valence-corrected chi connectivity index (χ3v) is 2.42. The summed E-state index contributed by atoms with van der Waals surface area (Å²) in [6.07, 6.45) is 0. The van der Waals surface area contributed by atoms with Gasteiger partial charge in [0.05, 0.1) is 5.75 Å². The van der Waals surface area contributed by atoms with Gasteiger partial charge in [0, 0.05) is 18.6 Å². The molecule has 0 saturated heterocycles. The lowest BCUT2D eigenvalue weighted by Crippen LogP contribution is -2.27. The van der Waals surface area contributed by atoms with E-state index in [-0.39, 0.29) is 11.7 Å². The maximum atomic E-state index is 11.2. The van der Waals surface area contributed by atoms with Crippen LogP contribution in [0.3, 0.4) is 0 Å². The Morgan fingerprint density at radius 3 is 2.50 bits per heavy atom. The standard InChI is InChI=1S/C10H12ClNOS/c1-12(10(13)7-14)6-8-2-4-9(11)5-3-8/h2-5,14H,6-7H2,1H3. The van der Waals surface area contributed by atoms with Crippen molar-refractivity contribution in [3.63, 3.8) is 0 Å². The summed E-state index contributed by atoms with van der Waals surface area (Å²) in [7, 11) is 1.76. The number of carbonyl (C=O) groups is 1. The lowest BCUT2D eigenvalue weighted by Gasteiger charge is -2.15. The van der Waals surface area contributed by atoms with Gasteiger partial charge in [-0.2, -0.15) is 12.6 Å². The van der Waals surface area contributed by atoms with Crippen molar-refractivity contribution in [1.82, 2.24) is 4.90 Å². The van der Waals surface area contributed by atoms with Crippen molar-refractivity contribution in [2.24, 2.45) is 0 Å². The number of carbonyl (C=O) groups excluding carboxylic acids is 1. The molecule has 2 nitrogen and oxygen atoms in total. The normalized spacial score (nSPS) is 9.93. The van der Waals surface area contributed by atoms with Gasteiger partial charge >= 0.3 is 0 Å². The average molecular weight is 230 g/mol. The number of benzene rings is 1. The molecule has 0 saturated carbocycles. The molecule has 4 heteroatoms. The van der Waals surface area contributed by atoms with Gasteiger partial charge in [-0.1, -0.05) is 23.7 Å². The van der Waals surface area contributed by atoms with Crippen LogP contribution in [-0.4, -0.2) is 23.6 Å². The molecule has 0 N–H and O–H groups in total. The van der Waals surface area contributed by atoms with Crippen molar-refractivity contribution in [3.8, 4) is 0 Å². The molecule has 0 aliphatic rings. The Morgan fingerprint density at radius 2 is 2.00 bits per heavy atom. The van der Waals surface area contributed by atoms with Crippen molar-refractivity contribution in [2.75, 3.05) is 12.8 Å². The molecule has 0 radical (unpaired) electrons. The summed E-state index contributed by atoms with van der Waals surface area (Å²) in [4.78, 5) is 12.8. The van der Waals surface area contributed by atoms with Crippen LogP contribution in [0, 0.1) is 0 Å². The molecule has 1 aromatic carbocycles. The fraction of sp³-hybridized carbons (Fsp3) is 0.300. The van der Waals surface area contributed by atoms with Crippen LogP contribution in [0.2, 0.25) is 5.02 Å². The minimum Gasteiger partial charge on any atom is -0.341 e. The predicted octanol–water partition coefficient (Wildman–Crippen LogP) is 2.23. The molecule has 1 aromatic rings. The van der Waals surface area contributed by atoms with Crippen molar-refractivity contribution in [1.29, 1.82) is 0 Å². The van der Waals surface area contributed by atoms with E-state index in [1.165, 1.54) is 0 Å². The van der Waals surface area contributed by atoms with E-state index in [2.05, 4.69) is 12.6 Å². The highest BCUT2D eigenvalue weighted by atomic mass is 35.5. The highest BCUT2D eigenvalue weighted by molar-refractivity contribution is 7.81. The molecule has 0 aliphatic carbocycles. The summed E-state index contributed by atoms with van der Waals surface area (Å²) in [5.41, 5.74) is 1.06. The van der Waals surface area contributed by atoms with E-state index < -0.39 is 0 Å². The Hall–Kier alpha value is -0.670. The monoisotopic (exact) mass is 229 g/mol. The zero-order valence-corrected chi connectivity index (χ0v) is 9.55. The quantitative estimate of drug-likeness (QED) is 0.789. The van der Waals surface area contributed by atoms with E-state index in [9.17, 15) is 4.79 Å². The van der Waals surface area contributed by atoms with Crippen LogP contribution in [0.25, 0.3) is 0 Å². The number of hydrogen-bond acceptors (Lipinski definition) is 2. The van der Waals surface area contributed by atoms with E-state index >= 15 is 0 Å². The zero-order chi connectivity index (χ0) is 10.6. The third kappa shape index (κ3) is 3.24. The van der Waals surface area contributed by atoms with Crippen LogP contribution >= 0.6 is 24.2 Å². The zero-order valence-electron chi connectivity index (χ0n) is 7.90. The van der Waals surface area contributed by atoms with Crippen molar-refractivity contribution >= 4 is 30.1 Å². The first-order valence-electron chi connectivity index (χ1n) is 4.22. The molecular formula is C10H12ClNOS. The second-order valence-corrected chi connectivity index (χ2v) is 3.79. The Labute approximate surface area is 94.3 Å². The molecular weight excluding hydrogens is 218 g/mol. The summed E-state index contributed by atoms with van der Waals surface area (Å²) in [6, 6.07) is 7.45. The first-order chi connectivity index (χ1) is 6.63. The van der Waals surface area contributed by atoms with Crippen molar-refractivity contribution < 1.29 is 4.79 Å². The Morgan fingerprint density at radius 1 is 1.43 bits per heavy atom. The fourth-order valence-corrected chi connectivity index (χ4v) is 1.44. The number of thiol groups is 1. The fourth-order valence-electron chi connectivity index (χ4n) is 1.07. The first kappa shape index (κ1) is 11.4. The third-order valence-electron chi connectivity index (χ3n) is 1.89. The van der Waals surface area contributed by atoms with Gasteiger partial charge in [0.15, 0.2) is 0 Å². The van der Waals surface area contributed by atoms with Crippen LogP contribution in [-0.2, 0) is 11.3 Å². The number of rotatable bonds is 3. The molecule has 0 atom stereocenters. The largest absolute Gasteiger partial charge is 0.341 e. The molecule has 0 aliphatic heterocycles. The van der Waals surface area contributed by atoms with Gasteiger partial charge in [0.1, 0.15) is 0 Å². The summed E-state index contributed by atoms with van der Waals surface area (Å²) < 4.78 is 0. The van der Waals surface area contributed by atoms with E-state index in [0.717, 1.165) is 5.56 Å². The Bertz CT molecular complexity index is 312. The van der Waals surface area contributed by atoms with Gasteiger partial charge in [-0.3, -0.25) is 4.79 Å². The molecule has 1 rings (SSSR count). The molecule has 1 amide bonds. The lowest BCUT2D eigenvalue weighted by molar-refractivity contribution is -0.127. The molecule has 14 heavy (non-hydrogen) atoms. The molecule has 0 heterocycles. The van der Waals surface area contributed by atoms with Crippen LogP contribution in [0.4, 0.5) is 0 Å². The topological polar surface area (TPSA) is 20.3 Å². The van der Waals surface area contributed by atoms with Crippen LogP contribution in [0.5, 0.6) is 0 Å². The maximum absolute atomic E-state index is 11.2. The van der Waals surface area contributed by atoms with E-state index in [4.69, 9.17) is 11.6 Å². The summed E-state index contributed by atoms with van der Waals surface area (Å²) in [6.45, 7) is 0.594. The summed E-state index contributed by atoms with van der Waals surface area (Å²) >= 11 is 9.67. The number of halogens is 1. The highest BCUT2D eigenvalue weighted by Gasteiger charge is 2.06. The lowest BCUT2D eigenvalue weighted by atomic mass is 10.2. The Balaban J connectivity index is 2.60. The Kier molecular flexibility index (Phi) is 4.29. The average Bonchev–Trinajstić information content (AvgIpc) is 2.20. The number of nitrogens with zero attached hydrogens (tertiary/aromatic N) is 1. The predicted molar refractivity (Wildman–Crippen MR) is 61.8 cm³/mol. The van der Waals surface area contributed by atoms with Crippen LogP contribution in [0.1, 0.15) is 5.56 Å². The second kappa shape index (κ2) is 5.27. The van der Waals surface area contributed by atoms with Gasteiger partial charge in [-0.25, -0.2) is 0 Å². The number of hydrogen-bond donors (Lipinski definition) is 1.